The van der Waals surface area contributed by atoms with E-state index in [1.165, 1.54) is 141 Å². The number of alkyl halides is 1. The Bertz CT molecular complexity index is 751. The molecule has 0 heterocycles. The van der Waals surface area contributed by atoms with Crippen LogP contribution in [-0.2, 0) is 4.79 Å². The largest absolute Gasteiger partial charge is 0.298 e. The lowest BCUT2D eigenvalue weighted by Gasteiger charge is -2.62. The van der Waals surface area contributed by atoms with Crippen LogP contribution in [0.25, 0.3) is 0 Å². The van der Waals surface area contributed by atoms with Crippen LogP contribution in [0.15, 0.2) is 0 Å². The Balaban J connectivity index is 0.970. The average molecular weight is 613 g/mol. The summed E-state index contributed by atoms with van der Waals surface area (Å²) in [7, 11) is 0. The third kappa shape index (κ3) is 8.17. The third-order valence-electron chi connectivity index (χ3n) is 14.8. The molecule has 5 fully saturated rings. The maximum atomic E-state index is 16.3. The molecule has 5 aliphatic rings. The van der Waals surface area contributed by atoms with Crippen LogP contribution in [0.1, 0.15) is 206 Å². The first-order valence-corrected chi connectivity index (χ1v) is 20.7. The molecule has 0 aromatic rings. The van der Waals surface area contributed by atoms with Crippen LogP contribution in [0.4, 0.5) is 4.39 Å². The first-order valence-electron chi connectivity index (χ1n) is 20.7. The summed E-state index contributed by atoms with van der Waals surface area (Å²) in [6.45, 7) is 4.60. The van der Waals surface area contributed by atoms with Crippen LogP contribution in [0.3, 0.4) is 0 Å². The molecule has 0 saturated heterocycles. The van der Waals surface area contributed by atoms with Crippen LogP contribution in [0.5, 0.6) is 0 Å². The summed E-state index contributed by atoms with van der Waals surface area (Å²) < 4.78 is 16.3. The molecule has 0 aliphatic heterocycles. The zero-order valence-electron chi connectivity index (χ0n) is 29.5. The van der Waals surface area contributed by atoms with E-state index >= 15 is 4.39 Å². The number of ketones is 1. The lowest BCUT2D eigenvalue weighted by atomic mass is 9.41. The summed E-state index contributed by atoms with van der Waals surface area (Å²) in [5.74, 6) is 5.55. The second-order valence-electron chi connectivity index (χ2n) is 17.4. The van der Waals surface area contributed by atoms with Gasteiger partial charge in [0, 0.05) is 0 Å². The van der Waals surface area contributed by atoms with E-state index in [2.05, 4.69) is 13.8 Å². The van der Waals surface area contributed by atoms with Crippen molar-refractivity contribution in [2.75, 3.05) is 0 Å². The lowest BCUT2D eigenvalue weighted by molar-refractivity contribution is -0.194. The van der Waals surface area contributed by atoms with Crippen LogP contribution < -0.4 is 0 Å². The van der Waals surface area contributed by atoms with Gasteiger partial charge in [-0.2, -0.15) is 0 Å². The van der Waals surface area contributed by atoms with Gasteiger partial charge in [-0.15, -0.1) is 0 Å². The van der Waals surface area contributed by atoms with Crippen molar-refractivity contribution < 1.29 is 9.18 Å². The minimum atomic E-state index is -0.842. The fraction of sp³-hybridized carbons (Fsp3) is 0.976. The van der Waals surface area contributed by atoms with Gasteiger partial charge in [-0.05, 0) is 113 Å². The Morgan fingerprint density at radius 3 is 1.14 bits per heavy atom. The van der Waals surface area contributed by atoms with Gasteiger partial charge in [0.25, 0.3) is 0 Å². The predicted molar refractivity (Wildman–Crippen MR) is 186 cm³/mol. The highest BCUT2D eigenvalue weighted by Crippen LogP contribution is 2.66. The molecule has 5 aliphatic carbocycles. The number of carbonyl (C=O) groups is 1. The monoisotopic (exact) mass is 613 g/mol. The molecule has 2 heteroatoms. The third-order valence-corrected chi connectivity index (χ3v) is 14.8. The van der Waals surface area contributed by atoms with Crippen LogP contribution in [0, 0.1) is 46.3 Å². The standard InChI is InChI=1S/C42H73FO/c1-3-5-7-9-11-13-15-33-17-21-35(22-18-33)37-25-29-41(30-26-37)39(43)42(40(41)44)31-27-38(28-32-42)36-23-19-34(20-24-36)16-14-12-10-8-6-4-2/h33-39H,3-32H2,1-2H3/t33?,34?,35?,36?,37?,38?,39?,41-,42-. The second-order valence-corrected chi connectivity index (χ2v) is 17.4. The molecule has 0 N–H and O–H groups in total. The van der Waals surface area contributed by atoms with Crippen molar-refractivity contribution in [2.45, 2.75) is 213 Å². The fourth-order valence-electron chi connectivity index (χ4n) is 11.7. The Hall–Kier alpha value is -0.400. The zero-order chi connectivity index (χ0) is 30.8. The molecule has 2 spiro atoms. The molecule has 254 valence electrons. The number of carbonyl (C=O) groups excluding carboxylic acids is 1. The topological polar surface area (TPSA) is 17.1 Å². The van der Waals surface area contributed by atoms with E-state index in [1.54, 1.807) is 0 Å². The first kappa shape index (κ1) is 34.9. The Labute approximate surface area is 273 Å². The molecule has 0 bridgehead atoms. The van der Waals surface area contributed by atoms with Crippen LogP contribution in [0.2, 0.25) is 0 Å². The molecule has 0 aromatic carbocycles. The van der Waals surface area contributed by atoms with Gasteiger partial charge in [-0.1, -0.05) is 129 Å². The molecular weight excluding hydrogens is 539 g/mol. The van der Waals surface area contributed by atoms with Gasteiger partial charge in [0.15, 0.2) is 5.78 Å². The normalized spacial score (nSPS) is 39.5. The maximum Gasteiger partial charge on any atom is 0.151 e. The molecule has 44 heavy (non-hydrogen) atoms. The van der Waals surface area contributed by atoms with Gasteiger partial charge in [-0.25, -0.2) is 4.39 Å². The van der Waals surface area contributed by atoms with Gasteiger partial charge in [0.05, 0.1) is 10.8 Å². The Morgan fingerprint density at radius 1 is 0.477 bits per heavy atom. The number of hydrogen-bond donors (Lipinski definition) is 0. The van der Waals surface area contributed by atoms with Gasteiger partial charge in [-0.3, -0.25) is 4.79 Å². The molecular formula is C42H73FO. The number of Topliss-reactive ketones (excluding diaryl/α,β-unsaturated/α-hetero) is 1. The average Bonchev–Trinajstić information content (AvgIpc) is 3.08. The van der Waals surface area contributed by atoms with Crippen molar-refractivity contribution in [1.82, 2.24) is 0 Å². The summed E-state index contributed by atoms with van der Waals surface area (Å²) in [5, 5.41) is 0. The number of unbranched alkanes of at least 4 members (excludes halogenated alkanes) is 10. The van der Waals surface area contributed by atoms with E-state index in [-0.39, 0.29) is 0 Å². The van der Waals surface area contributed by atoms with Crippen molar-refractivity contribution in [3.05, 3.63) is 0 Å². The van der Waals surface area contributed by atoms with Crippen molar-refractivity contribution in [2.24, 2.45) is 46.3 Å². The van der Waals surface area contributed by atoms with Gasteiger partial charge in [0.2, 0.25) is 0 Å². The number of halogens is 1. The summed E-state index contributed by atoms with van der Waals surface area (Å²) in [6.07, 6.45) is 38.3. The van der Waals surface area contributed by atoms with Gasteiger partial charge < -0.3 is 0 Å². The van der Waals surface area contributed by atoms with Crippen LogP contribution >= 0.6 is 0 Å². The number of rotatable bonds is 16. The molecule has 0 radical (unpaired) electrons. The number of hydrogen-bond acceptors (Lipinski definition) is 1. The highest BCUT2D eigenvalue weighted by Gasteiger charge is 2.71. The van der Waals surface area contributed by atoms with E-state index in [1.807, 2.05) is 0 Å². The second kappa shape index (κ2) is 17.1. The minimum absolute atomic E-state index is 0.389. The molecule has 0 unspecified atom stereocenters. The molecule has 5 saturated carbocycles. The van der Waals surface area contributed by atoms with Crippen molar-refractivity contribution in [3.63, 3.8) is 0 Å². The molecule has 0 aromatic heterocycles. The molecule has 0 amide bonds. The highest BCUT2D eigenvalue weighted by molar-refractivity contribution is 5.98. The van der Waals surface area contributed by atoms with E-state index in [0.29, 0.717) is 5.78 Å². The van der Waals surface area contributed by atoms with Crippen molar-refractivity contribution in [1.29, 1.82) is 0 Å². The Morgan fingerprint density at radius 2 is 0.795 bits per heavy atom. The molecule has 1 nitrogen and oxygen atoms in total. The van der Waals surface area contributed by atoms with Gasteiger partial charge >= 0.3 is 0 Å². The summed E-state index contributed by atoms with van der Waals surface area (Å²) in [6, 6.07) is 0. The summed E-state index contributed by atoms with van der Waals surface area (Å²) >= 11 is 0. The summed E-state index contributed by atoms with van der Waals surface area (Å²) in [4.78, 5) is 13.9. The quantitative estimate of drug-likeness (QED) is 0.158. The van der Waals surface area contributed by atoms with E-state index < -0.39 is 17.0 Å². The smallest absolute Gasteiger partial charge is 0.151 e. The fourth-order valence-corrected chi connectivity index (χ4v) is 11.7. The van der Waals surface area contributed by atoms with E-state index in [0.717, 1.165) is 86.9 Å². The van der Waals surface area contributed by atoms with E-state index in [9.17, 15) is 4.79 Å². The highest BCUT2D eigenvalue weighted by atomic mass is 19.1. The van der Waals surface area contributed by atoms with Gasteiger partial charge in [0.1, 0.15) is 6.17 Å². The van der Waals surface area contributed by atoms with E-state index in [4.69, 9.17) is 0 Å². The predicted octanol–water partition coefficient (Wildman–Crippen LogP) is 13.4. The van der Waals surface area contributed by atoms with Crippen molar-refractivity contribution in [3.8, 4) is 0 Å². The van der Waals surface area contributed by atoms with Crippen LogP contribution in [-0.4, -0.2) is 12.0 Å². The summed E-state index contributed by atoms with van der Waals surface area (Å²) in [5.41, 5.74) is -1.15. The lowest BCUT2D eigenvalue weighted by Crippen LogP contribution is -2.69. The zero-order valence-corrected chi connectivity index (χ0v) is 29.5. The molecule has 5 rings (SSSR count). The van der Waals surface area contributed by atoms with Crippen molar-refractivity contribution >= 4 is 5.78 Å². The minimum Gasteiger partial charge on any atom is -0.298 e. The SMILES string of the molecule is CCCCCCCCC1CCC(C2CC[C@]3(CC2)C(=O)[C@@]2(CCC(C4CCC(CCCCCCCC)CC4)CC2)[C@H]3F)CC1. The maximum absolute atomic E-state index is 16.3. The molecule has 0 atom stereocenters. The first-order chi connectivity index (χ1) is 21.5. The Kier molecular flexibility index (Phi) is 13.6.